The number of anilines is 1. The van der Waals surface area contributed by atoms with Crippen LogP contribution in [0.25, 0.3) is 0 Å². The molecule has 0 aliphatic heterocycles. The molecule has 0 atom stereocenters. The Hall–Kier alpha value is -3.57. The van der Waals surface area contributed by atoms with Gasteiger partial charge in [-0.2, -0.15) is 0 Å². The number of amides is 2. The monoisotopic (exact) mass is 385 g/mol. The van der Waals surface area contributed by atoms with Gasteiger partial charge in [0.05, 0.1) is 6.42 Å². The highest BCUT2D eigenvalue weighted by molar-refractivity contribution is 5.88. The topological polar surface area (TPSA) is 156 Å². The lowest BCUT2D eigenvalue weighted by atomic mass is 10.2. The summed E-state index contributed by atoms with van der Waals surface area (Å²) in [7, 11) is 0. The molecular weight excluding hydrogens is 366 g/mol. The molecule has 0 bridgehead atoms. The maximum atomic E-state index is 12.4. The summed E-state index contributed by atoms with van der Waals surface area (Å²) in [5.41, 5.74) is -0.820. The largest absolute Gasteiger partial charge is 0.533 e. The van der Waals surface area contributed by atoms with Crippen LogP contribution < -0.4 is 4.90 Å². The third-order valence-corrected chi connectivity index (χ3v) is 2.61. The number of carbonyl (C=O) groups is 4. The molecule has 0 spiro atoms. The van der Waals surface area contributed by atoms with Crippen LogP contribution in [0, 0.1) is 0 Å². The number of hydroxylamine groups is 2. The van der Waals surface area contributed by atoms with Gasteiger partial charge in [0.2, 0.25) is 0 Å². The Balaban J connectivity index is 2.91. The van der Waals surface area contributed by atoms with Gasteiger partial charge in [-0.05, 0) is 32.9 Å². The van der Waals surface area contributed by atoms with Crippen molar-refractivity contribution in [3.05, 3.63) is 24.4 Å². The van der Waals surface area contributed by atoms with Gasteiger partial charge in [-0.15, -0.1) is 0 Å². The Labute approximate surface area is 153 Å². The van der Waals surface area contributed by atoms with Crippen LogP contribution in [0.5, 0.6) is 0 Å². The molecule has 1 heterocycles. The molecule has 0 aliphatic rings. The van der Waals surface area contributed by atoms with Gasteiger partial charge in [-0.25, -0.2) is 19.4 Å². The van der Waals surface area contributed by atoms with Crippen molar-refractivity contribution >= 4 is 30.1 Å². The Kier molecular flexibility index (Phi) is 7.33. The van der Waals surface area contributed by atoms with Gasteiger partial charge in [-0.1, -0.05) is 6.07 Å². The average molecular weight is 385 g/mol. The highest BCUT2D eigenvalue weighted by Gasteiger charge is 2.28. The summed E-state index contributed by atoms with van der Waals surface area (Å²) in [4.78, 5) is 58.4. The number of aromatic nitrogens is 1. The van der Waals surface area contributed by atoms with E-state index in [2.05, 4.69) is 14.7 Å². The van der Waals surface area contributed by atoms with Crippen LogP contribution in [-0.4, -0.2) is 56.9 Å². The summed E-state index contributed by atoms with van der Waals surface area (Å²) < 4.78 is 5.25. The van der Waals surface area contributed by atoms with E-state index in [0.29, 0.717) is 0 Å². The minimum Gasteiger partial charge on any atom is -0.448 e. The van der Waals surface area contributed by atoms with Gasteiger partial charge >= 0.3 is 18.4 Å². The second kappa shape index (κ2) is 9.22. The summed E-state index contributed by atoms with van der Waals surface area (Å²) in [5.74, 6) is -0.992. The number of nitrogens with zero attached hydrogens (tertiary/aromatic N) is 3. The molecule has 0 saturated carbocycles. The minimum absolute atomic E-state index is 0.171. The molecule has 148 valence electrons. The van der Waals surface area contributed by atoms with Gasteiger partial charge < -0.3 is 14.9 Å². The van der Waals surface area contributed by atoms with E-state index in [9.17, 15) is 19.2 Å². The van der Waals surface area contributed by atoms with E-state index >= 15 is 0 Å². The molecule has 0 saturated heterocycles. The summed E-state index contributed by atoms with van der Waals surface area (Å²) in [6.07, 6.45) is -3.85. The van der Waals surface area contributed by atoms with Gasteiger partial charge in [0.25, 0.3) is 5.91 Å². The Morgan fingerprint density at radius 2 is 1.67 bits per heavy atom. The highest BCUT2D eigenvalue weighted by Crippen LogP contribution is 2.16. The van der Waals surface area contributed by atoms with Crippen molar-refractivity contribution in [2.45, 2.75) is 32.8 Å². The fraction of sp³-hybridized carbons (Fsp3) is 0.400. The first-order chi connectivity index (χ1) is 12.5. The molecule has 0 radical (unpaired) electrons. The molecule has 1 aromatic rings. The van der Waals surface area contributed by atoms with Crippen LogP contribution in [0.15, 0.2) is 24.4 Å². The molecule has 12 heteroatoms. The first kappa shape index (κ1) is 21.5. The van der Waals surface area contributed by atoms with Gasteiger partial charge in [0.1, 0.15) is 11.4 Å². The van der Waals surface area contributed by atoms with E-state index in [1.165, 1.54) is 12.3 Å². The third-order valence-electron chi connectivity index (χ3n) is 2.61. The molecule has 2 amide bonds. The molecule has 0 aromatic carbocycles. The van der Waals surface area contributed by atoms with Crippen molar-refractivity contribution < 1.29 is 43.8 Å². The van der Waals surface area contributed by atoms with Gasteiger partial charge in [0, 0.05) is 18.0 Å². The van der Waals surface area contributed by atoms with Crippen molar-refractivity contribution in [1.29, 1.82) is 0 Å². The zero-order chi connectivity index (χ0) is 20.6. The van der Waals surface area contributed by atoms with Crippen LogP contribution in [0.4, 0.5) is 20.2 Å². The summed E-state index contributed by atoms with van der Waals surface area (Å²) in [6.45, 7) is 4.63. The molecular formula is C15H19N3O9. The Bertz CT molecular complexity index is 672. The van der Waals surface area contributed by atoms with Crippen LogP contribution >= 0.6 is 0 Å². The normalized spacial score (nSPS) is 10.5. The summed E-state index contributed by atoms with van der Waals surface area (Å²) in [6, 6.07) is 4.72. The minimum atomic E-state index is -1.96. The molecule has 0 unspecified atom stereocenters. The number of carbonyl (C=O) groups excluding carboxylic acids is 2. The van der Waals surface area contributed by atoms with E-state index in [4.69, 9.17) is 14.9 Å². The molecule has 1 rings (SSSR count). The smallest absolute Gasteiger partial charge is 0.448 e. The Morgan fingerprint density at radius 1 is 1.07 bits per heavy atom. The number of ether oxygens (including phenoxy) is 1. The lowest BCUT2D eigenvalue weighted by molar-refractivity contribution is -0.290. The summed E-state index contributed by atoms with van der Waals surface area (Å²) >= 11 is 0. The fourth-order valence-electron chi connectivity index (χ4n) is 1.69. The zero-order valence-corrected chi connectivity index (χ0v) is 14.8. The average Bonchev–Trinajstić information content (AvgIpc) is 2.52. The molecule has 1 aromatic heterocycles. The lowest BCUT2D eigenvalue weighted by Crippen LogP contribution is -2.41. The van der Waals surface area contributed by atoms with E-state index in [-0.39, 0.29) is 17.6 Å². The second-order valence-corrected chi connectivity index (χ2v) is 5.94. The molecule has 0 aliphatic carbocycles. The van der Waals surface area contributed by atoms with Crippen molar-refractivity contribution in [3.8, 4) is 0 Å². The first-order valence-corrected chi connectivity index (χ1v) is 7.56. The molecule has 0 fully saturated rings. The summed E-state index contributed by atoms with van der Waals surface area (Å²) in [5, 5.41) is 16.8. The van der Waals surface area contributed by atoms with Crippen molar-refractivity contribution in [3.63, 3.8) is 0 Å². The molecule has 2 N–H and O–H groups in total. The van der Waals surface area contributed by atoms with Crippen LogP contribution in [-0.2, 0) is 19.2 Å². The van der Waals surface area contributed by atoms with E-state index in [1.807, 2.05) is 0 Å². The number of rotatable bonds is 4. The van der Waals surface area contributed by atoms with Gasteiger partial charge in [-0.3, -0.25) is 19.4 Å². The van der Waals surface area contributed by atoms with Gasteiger partial charge in [0.15, 0.2) is 0 Å². The third kappa shape index (κ3) is 7.90. The quantitative estimate of drug-likeness (QED) is 0.737. The van der Waals surface area contributed by atoms with E-state index < -0.39 is 36.3 Å². The number of hydrogen-bond acceptors (Lipinski definition) is 8. The first-order valence-electron chi connectivity index (χ1n) is 7.56. The SMILES string of the molecule is CC(C)(C)OC(=O)N(CCC(=O)N(OC(=O)O)OC(=O)O)c1ccccn1. The predicted octanol–water partition coefficient (Wildman–Crippen LogP) is 2.26. The Morgan fingerprint density at radius 3 is 2.11 bits per heavy atom. The maximum absolute atomic E-state index is 12.4. The van der Waals surface area contributed by atoms with E-state index in [1.54, 1.807) is 32.9 Å². The zero-order valence-electron chi connectivity index (χ0n) is 14.8. The maximum Gasteiger partial charge on any atom is 0.533 e. The van der Waals surface area contributed by atoms with E-state index in [0.717, 1.165) is 4.90 Å². The van der Waals surface area contributed by atoms with Crippen LogP contribution in [0.1, 0.15) is 27.2 Å². The van der Waals surface area contributed by atoms with Crippen molar-refractivity contribution in [2.75, 3.05) is 11.4 Å². The van der Waals surface area contributed by atoms with Crippen LogP contribution in [0.2, 0.25) is 0 Å². The fourth-order valence-corrected chi connectivity index (χ4v) is 1.69. The number of carboxylic acid groups (broad SMARTS) is 2. The standard InChI is InChI=1S/C15H19N3O9/c1-15(2,3)25-12(20)17(10-6-4-5-8-16-10)9-7-11(19)18(26-13(21)22)27-14(23)24/h4-6,8H,7,9H2,1-3H3,(H,21,22)(H,23,24). The lowest BCUT2D eigenvalue weighted by Gasteiger charge is -2.27. The van der Waals surface area contributed by atoms with Crippen molar-refractivity contribution in [1.82, 2.24) is 10.2 Å². The second-order valence-electron chi connectivity index (χ2n) is 5.94. The predicted molar refractivity (Wildman–Crippen MR) is 87.5 cm³/mol. The van der Waals surface area contributed by atoms with Crippen molar-refractivity contribution in [2.24, 2.45) is 0 Å². The van der Waals surface area contributed by atoms with Crippen LogP contribution in [0.3, 0.4) is 0 Å². The number of pyridine rings is 1. The highest BCUT2D eigenvalue weighted by atomic mass is 17.0. The number of hydrogen-bond donors (Lipinski definition) is 2. The molecule has 12 nitrogen and oxygen atoms in total. The molecule has 27 heavy (non-hydrogen) atoms.